The van der Waals surface area contributed by atoms with Gasteiger partial charge in [0.15, 0.2) is 18.0 Å². The molecule has 2 aliphatic carbocycles. The molecule has 7 aromatic rings. The smallest absolute Gasteiger partial charge is 0.340 e. The van der Waals surface area contributed by atoms with E-state index in [1.807, 2.05) is 194 Å². The number of Topliss-reactive ketones (excluding diaryl/α,β-unsaturated/α-hetero) is 2. The lowest BCUT2D eigenvalue weighted by molar-refractivity contribution is -0.255. The zero-order valence-corrected chi connectivity index (χ0v) is 71.1. The van der Waals surface area contributed by atoms with Crippen molar-refractivity contribution in [2.45, 2.75) is 102 Å². The van der Waals surface area contributed by atoms with Crippen LogP contribution in [0.4, 0.5) is 22.7 Å². The van der Waals surface area contributed by atoms with Crippen LogP contribution in [-0.2, 0) is 53.5 Å². The molecular formula is C96H103N6O21+. The number of carboxylic acid groups (broad SMARTS) is 5. The van der Waals surface area contributed by atoms with Crippen LogP contribution in [0.15, 0.2) is 229 Å². The largest absolute Gasteiger partial charge is 0.545 e. The number of esters is 2. The van der Waals surface area contributed by atoms with E-state index in [1.54, 1.807) is 65.1 Å². The normalized spacial score (nSPS) is 12.8. The van der Waals surface area contributed by atoms with Crippen molar-refractivity contribution >= 4 is 98.0 Å². The molecule has 27 heteroatoms. The summed E-state index contributed by atoms with van der Waals surface area (Å²) in [5, 5.41) is 51.0. The number of aromatic carboxylic acids is 2. The van der Waals surface area contributed by atoms with E-state index < -0.39 is 35.4 Å². The molecule has 642 valence electrons. The number of carbonyl (C=O) groups is 9. The van der Waals surface area contributed by atoms with Gasteiger partial charge in [0.05, 0.1) is 60.4 Å². The monoisotopic (exact) mass is 1680 g/mol. The van der Waals surface area contributed by atoms with Crippen LogP contribution in [-0.4, -0.2) is 139 Å². The van der Waals surface area contributed by atoms with Gasteiger partial charge in [0.25, 0.3) is 17.9 Å². The van der Waals surface area contributed by atoms with Crippen LogP contribution >= 0.6 is 0 Å². The van der Waals surface area contributed by atoms with Gasteiger partial charge in [-0.25, -0.2) is 9.59 Å². The summed E-state index contributed by atoms with van der Waals surface area (Å²) in [5.74, 6) is -2.82. The van der Waals surface area contributed by atoms with Gasteiger partial charge in [0.1, 0.15) is 65.4 Å². The Bertz CT molecular complexity index is 5570. The van der Waals surface area contributed by atoms with E-state index >= 15 is 0 Å². The number of hydrogen-bond acceptors (Lipinski definition) is 21. The lowest BCUT2D eigenvalue weighted by Gasteiger charge is -2.37. The van der Waals surface area contributed by atoms with E-state index in [-0.39, 0.29) is 54.5 Å². The van der Waals surface area contributed by atoms with Gasteiger partial charge in [-0.1, -0.05) is 67.2 Å². The molecule has 0 fully saturated rings. The van der Waals surface area contributed by atoms with Crippen molar-refractivity contribution in [3.63, 3.8) is 0 Å². The number of likely N-dealkylation sites (N-methyl/N-ethyl adjacent to an activating group) is 1. The molecule has 0 saturated heterocycles. The van der Waals surface area contributed by atoms with Crippen LogP contribution in [0.1, 0.15) is 144 Å². The highest BCUT2D eigenvalue weighted by atomic mass is 16.7. The van der Waals surface area contributed by atoms with Crippen molar-refractivity contribution in [3.8, 4) is 56.4 Å². The SMILES string of the molecule is C=CN(CC)c1ccc2c(c1)Oc1cc(N(CC)CCOC(C)=O)ccc1C21OC(=O)c2ccccc21.C=C[N+](CC)=c1ccc2c(-c3ccccc3C(=O)O)c3ccc(N(CC)OCCC(C)=O)cc3oc-2c1.C=C[N+](CC)=c1ccc2c(-c3ccccc3C(=O)[O-])c3ccc(N(CC)OCCC(C)=O)cc3oc-2c1.CC(=O)O.CC(=O)O.CC(=O)O. The van der Waals surface area contributed by atoms with Crippen molar-refractivity contribution in [2.75, 3.05) is 85.6 Å². The first-order valence-corrected chi connectivity index (χ1v) is 39.9. The molecule has 0 amide bonds. The predicted octanol–water partition coefficient (Wildman–Crippen LogP) is 15.7. The third-order valence-corrected chi connectivity index (χ3v) is 19.5. The highest BCUT2D eigenvalue weighted by Crippen LogP contribution is 2.57. The average molecular weight is 1680 g/mol. The predicted molar refractivity (Wildman–Crippen MR) is 471 cm³/mol. The summed E-state index contributed by atoms with van der Waals surface area (Å²) in [7, 11) is 0. The lowest BCUT2D eigenvalue weighted by atomic mass is 9.77. The number of hydrogen-bond donors (Lipinski definition) is 4. The molecule has 0 radical (unpaired) electrons. The van der Waals surface area contributed by atoms with Crippen molar-refractivity contribution < 1.29 is 101 Å². The Kier molecular flexibility index (Phi) is 33.8. The number of aliphatic carboxylic acids is 3. The maximum absolute atomic E-state index is 13.1. The Morgan fingerprint density at radius 1 is 0.472 bits per heavy atom. The van der Waals surface area contributed by atoms with Crippen molar-refractivity contribution in [1.29, 1.82) is 0 Å². The molecule has 4 aliphatic heterocycles. The quantitative estimate of drug-likeness (QED) is 0.0153. The van der Waals surface area contributed by atoms with Crippen LogP contribution in [0.25, 0.3) is 66.8 Å². The first-order valence-electron chi connectivity index (χ1n) is 39.9. The van der Waals surface area contributed by atoms with Gasteiger partial charge >= 0.3 is 17.9 Å². The van der Waals surface area contributed by atoms with E-state index in [4.69, 9.17) is 62.4 Å². The van der Waals surface area contributed by atoms with Gasteiger partial charge < -0.3 is 63.2 Å². The first kappa shape index (κ1) is 94.2. The highest BCUT2D eigenvalue weighted by Gasteiger charge is 2.53. The van der Waals surface area contributed by atoms with Crippen molar-refractivity contribution in [1.82, 2.24) is 9.15 Å². The van der Waals surface area contributed by atoms with Crippen LogP contribution in [0.2, 0.25) is 0 Å². The number of hydroxylamine groups is 2. The number of ketones is 2. The Morgan fingerprint density at radius 3 is 1.32 bits per heavy atom. The summed E-state index contributed by atoms with van der Waals surface area (Å²) in [6, 6.07) is 56.3. The molecule has 0 bridgehead atoms. The van der Waals surface area contributed by atoms with Gasteiger partial charge in [-0.05, 0) is 159 Å². The van der Waals surface area contributed by atoms with E-state index in [2.05, 4.69) is 31.6 Å². The fourth-order valence-electron chi connectivity index (χ4n) is 14.1. The van der Waals surface area contributed by atoms with Crippen molar-refractivity contribution in [3.05, 3.63) is 264 Å². The molecule has 0 saturated carbocycles. The lowest BCUT2D eigenvalue weighted by Crippen LogP contribution is -2.33. The number of nitrogens with zero attached hydrogens (tertiary/aromatic N) is 6. The minimum Gasteiger partial charge on any atom is -0.545 e. The fourth-order valence-corrected chi connectivity index (χ4v) is 14.1. The molecule has 27 nitrogen and oxygen atoms in total. The topological polar surface area (TPSA) is 349 Å². The summed E-state index contributed by atoms with van der Waals surface area (Å²) in [4.78, 5) is 114. The highest BCUT2D eigenvalue weighted by molar-refractivity contribution is 6.09. The second-order valence-electron chi connectivity index (χ2n) is 27.8. The molecular weight excluding hydrogens is 1570 g/mol. The minimum absolute atomic E-state index is 0.0590. The van der Waals surface area contributed by atoms with E-state index in [9.17, 15) is 39.0 Å². The second-order valence-corrected chi connectivity index (χ2v) is 27.8. The fraction of sp³-hybridized carbons (Fsp3) is 0.260. The maximum Gasteiger partial charge on any atom is 0.340 e. The molecule has 13 rings (SSSR count). The number of rotatable bonds is 28. The summed E-state index contributed by atoms with van der Waals surface area (Å²) in [6.07, 6.45) is 5.95. The third kappa shape index (κ3) is 23.2. The number of anilines is 4. The van der Waals surface area contributed by atoms with Gasteiger partial charge in [-0.2, -0.15) is 9.15 Å². The Balaban J connectivity index is 0.000000214. The van der Waals surface area contributed by atoms with Gasteiger partial charge in [-0.3, -0.25) is 48.6 Å². The zero-order chi connectivity index (χ0) is 89.9. The number of carboxylic acids is 5. The number of benzene rings is 9. The van der Waals surface area contributed by atoms with Crippen molar-refractivity contribution in [2.24, 2.45) is 0 Å². The first-order chi connectivity index (χ1) is 58.9. The average Bonchev–Trinajstić information content (AvgIpc) is 1.58. The molecule has 1 spiro atoms. The zero-order valence-electron chi connectivity index (χ0n) is 71.1. The summed E-state index contributed by atoms with van der Waals surface area (Å²) in [6.45, 7) is 37.0. The number of carbonyl (C=O) groups excluding carboxylic acids is 5. The second kappa shape index (κ2) is 44.1. The van der Waals surface area contributed by atoms with E-state index in [0.29, 0.717) is 89.9 Å². The standard InChI is InChI=1S/3C30H30N2O5.3C2H4O2/c1-5-31(6-2)21-12-14-25-27(18-21)36-28-19-22(32(7-3)16-17-35-20(4)33)13-15-26(28)30(25)24-11-9-8-10-23(24)29(34)37-30;2*1-5-31(6-2)21-12-14-25-27(18-21)37-28-19-22(32(7-3)36-17-16-20(4)33)13-15-26(28)29(25)23-10-8-9-11-24(23)30(34)35;3*1-2(3)4/h3*5,8-15,18-19H,1,6-7,16-17H2,2-4H3;3*1H3,(H,3,4)/p+1. The van der Waals surface area contributed by atoms with E-state index in [1.165, 1.54) is 20.8 Å². The third-order valence-electron chi connectivity index (χ3n) is 19.5. The number of fused-ring (bicyclic) bond motifs is 10. The van der Waals surface area contributed by atoms with Crippen LogP contribution in [0.5, 0.6) is 11.5 Å². The molecule has 7 aromatic carbocycles. The molecule has 1 atom stereocenters. The summed E-state index contributed by atoms with van der Waals surface area (Å²) in [5.41, 5.74) is 10.9. The molecule has 0 aromatic heterocycles. The number of ether oxygens (including phenoxy) is 3. The van der Waals surface area contributed by atoms with Gasteiger partial charge in [0, 0.05) is 170 Å². The molecule has 123 heavy (non-hydrogen) atoms. The summed E-state index contributed by atoms with van der Waals surface area (Å²) >= 11 is 0. The molecule has 4 N–H and O–H groups in total. The van der Waals surface area contributed by atoms with Crippen LogP contribution < -0.4 is 49.6 Å². The minimum atomic E-state index is -1.24. The van der Waals surface area contributed by atoms with Gasteiger partial charge in [-0.15, -0.1) is 0 Å². The Morgan fingerprint density at radius 2 is 0.902 bits per heavy atom. The van der Waals surface area contributed by atoms with Crippen LogP contribution in [0.3, 0.4) is 0 Å². The van der Waals surface area contributed by atoms with Crippen LogP contribution in [0, 0.1) is 0 Å². The maximum atomic E-state index is 13.1. The molecule has 1 unspecified atom stereocenters. The van der Waals surface area contributed by atoms with Gasteiger partial charge in [0.2, 0.25) is 10.7 Å². The molecule has 6 aliphatic rings. The molecule has 4 heterocycles. The Labute approximate surface area is 713 Å². The van der Waals surface area contributed by atoms with E-state index in [0.717, 1.165) is 124 Å². The Hall–Kier alpha value is -14.3. The summed E-state index contributed by atoms with van der Waals surface area (Å²) < 4.78 is 34.7.